The Morgan fingerprint density at radius 3 is 3.00 bits per heavy atom. The Hall–Kier alpha value is -2.11. The number of carbonyl (C=O) groups is 1. The molecule has 6 nitrogen and oxygen atoms in total. The van der Waals surface area contributed by atoms with Crippen molar-refractivity contribution in [2.24, 2.45) is 0 Å². The second-order valence-corrected chi connectivity index (χ2v) is 3.52. The molecule has 0 atom stereocenters. The van der Waals surface area contributed by atoms with Gasteiger partial charge in [-0.05, 0) is 6.42 Å². The van der Waals surface area contributed by atoms with Gasteiger partial charge in [0, 0.05) is 12.7 Å². The summed E-state index contributed by atoms with van der Waals surface area (Å²) in [6, 6.07) is 0. The summed E-state index contributed by atoms with van der Waals surface area (Å²) in [6.07, 6.45) is 5.67. The minimum Gasteiger partial charge on any atom is -0.383 e. The van der Waals surface area contributed by atoms with Crippen molar-refractivity contribution >= 4 is 11.6 Å². The second-order valence-electron chi connectivity index (χ2n) is 3.52. The van der Waals surface area contributed by atoms with Gasteiger partial charge in [-0.15, -0.1) is 0 Å². The second kappa shape index (κ2) is 4.18. The number of nitrogens with one attached hydrogen (secondary N) is 1. The number of nitrogens with zero attached hydrogens (tertiary/aromatic N) is 3. The third-order valence-corrected chi connectivity index (χ3v) is 2.26. The van der Waals surface area contributed by atoms with Crippen LogP contribution < -0.4 is 5.73 Å². The zero-order valence-corrected chi connectivity index (χ0v) is 8.97. The van der Waals surface area contributed by atoms with E-state index in [1.807, 2.05) is 0 Å². The summed E-state index contributed by atoms with van der Waals surface area (Å²) in [5, 5.41) is 10.3. The van der Waals surface area contributed by atoms with Gasteiger partial charge in [0.2, 0.25) is 5.78 Å². The number of aromatic amines is 1. The maximum Gasteiger partial charge on any atom is 0.201 e. The number of carbonyl (C=O) groups excluding carboxylic acids is 1. The number of anilines is 1. The molecule has 0 saturated carbocycles. The lowest BCUT2D eigenvalue weighted by molar-refractivity contribution is 0.103. The Labute approximate surface area is 92.5 Å². The van der Waals surface area contributed by atoms with Crippen molar-refractivity contribution in [1.29, 1.82) is 0 Å². The van der Waals surface area contributed by atoms with Crippen LogP contribution in [-0.4, -0.2) is 25.8 Å². The van der Waals surface area contributed by atoms with E-state index in [1.54, 1.807) is 17.1 Å². The SMILES string of the molecule is CCCn1cc(C(=O)c2cn[nH]c2N)cn1. The van der Waals surface area contributed by atoms with Gasteiger partial charge in [-0.25, -0.2) is 0 Å². The quantitative estimate of drug-likeness (QED) is 0.745. The van der Waals surface area contributed by atoms with Crippen LogP contribution in [-0.2, 0) is 6.54 Å². The largest absolute Gasteiger partial charge is 0.383 e. The molecular formula is C10H13N5O. The van der Waals surface area contributed by atoms with Gasteiger partial charge in [-0.3, -0.25) is 14.6 Å². The van der Waals surface area contributed by atoms with Crippen LogP contribution in [0.4, 0.5) is 5.82 Å². The van der Waals surface area contributed by atoms with Crippen molar-refractivity contribution in [3.63, 3.8) is 0 Å². The van der Waals surface area contributed by atoms with Crippen LogP contribution in [0.3, 0.4) is 0 Å². The normalized spacial score (nSPS) is 10.6. The lowest BCUT2D eigenvalue weighted by atomic mass is 10.1. The molecule has 0 saturated heterocycles. The van der Waals surface area contributed by atoms with Crippen LogP contribution >= 0.6 is 0 Å². The molecule has 0 amide bonds. The van der Waals surface area contributed by atoms with Crippen molar-refractivity contribution < 1.29 is 4.79 Å². The van der Waals surface area contributed by atoms with Crippen LogP contribution in [0.5, 0.6) is 0 Å². The molecule has 84 valence electrons. The first-order chi connectivity index (χ1) is 7.72. The average molecular weight is 219 g/mol. The van der Waals surface area contributed by atoms with Crippen molar-refractivity contribution in [1.82, 2.24) is 20.0 Å². The Balaban J connectivity index is 2.24. The van der Waals surface area contributed by atoms with Crippen molar-refractivity contribution in [3.05, 3.63) is 29.7 Å². The summed E-state index contributed by atoms with van der Waals surface area (Å²) in [6.45, 7) is 2.85. The molecule has 0 spiro atoms. The molecule has 0 unspecified atom stereocenters. The molecule has 0 aromatic carbocycles. The zero-order chi connectivity index (χ0) is 11.5. The maximum absolute atomic E-state index is 12.0. The summed E-state index contributed by atoms with van der Waals surface area (Å²) >= 11 is 0. The van der Waals surface area contributed by atoms with Crippen LogP contribution in [0.25, 0.3) is 0 Å². The number of nitrogens with two attached hydrogens (primary N) is 1. The molecule has 0 fully saturated rings. The number of rotatable bonds is 4. The van der Waals surface area contributed by atoms with Crippen LogP contribution in [0.1, 0.15) is 29.3 Å². The lowest BCUT2D eigenvalue weighted by Crippen LogP contribution is -2.02. The van der Waals surface area contributed by atoms with E-state index in [-0.39, 0.29) is 11.6 Å². The highest BCUT2D eigenvalue weighted by atomic mass is 16.1. The fourth-order valence-corrected chi connectivity index (χ4v) is 1.46. The van der Waals surface area contributed by atoms with Gasteiger partial charge in [-0.2, -0.15) is 10.2 Å². The Morgan fingerprint density at radius 1 is 1.56 bits per heavy atom. The summed E-state index contributed by atoms with van der Waals surface area (Å²) in [5.41, 5.74) is 6.49. The number of H-pyrrole nitrogens is 1. The Morgan fingerprint density at radius 2 is 2.38 bits per heavy atom. The third-order valence-electron chi connectivity index (χ3n) is 2.26. The monoisotopic (exact) mass is 219 g/mol. The molecule has 16 heavy (non-hydrogen) atoms. The van der Waals surface area contributed by atoms with E-state index in [1.165, 1.54) is 6.20 Å². The van der Waals surface area contributed by atoms with Crippen LogP contribution in [0, 0.1) is 0 Å². The molecule has 0 aliphatic heterocycles. The van der Waals surface area contributed by atoms with E-state index in [9.17, 15) is 4.79 Å². The molecule has 2 aromatic rings. The number of aromatic nitrogens is 4. The number of hydrogen-bond donors (Lipinski definition) is 2. The first-order valence-electron chi connectivity index (χ1n) is 5.08. The Kier molecular flexibility index (Phi) is 2.72. The van der Waals surface area contributed by atoms with Crippen LogP contribution in [0.2, 0.25) is 0 Å². The topological polar surface area (TPSA) is 89.6 Å². The molecule has 0 aliphatic rings. The molecule has 2 rings (SSSR count). The molecule has 6 heteroatoms. The van der Waals surface area contributed by atoms with Crippen molar-refractivity contribution in [2.75, 3.05) is 5.73 Å². The molecule has 0 radical (unpaired) electrons. The first kappa shape index (κ1) is 10.4. The standard InChI is InChI=1S/C10H13N5O/c1-2-3-15-6-7(4-13-15)9(16)8-5-12-14-10(8)11/h4-6H,2-3H2,1H3,(H3,11,12,14). The van der Waals surface area contributed by atoms with Crippen LogP contribution in [0.15, 0.2) is 18.6 Å². The Bertz CT molecular complexity index is 499. The molecule has 0 bridgehead atoms. The van der Waals surface area contributed by atoms with Crippen molar-refractivity contribution in [2.45, 2.75) is 19.9 Å². The van der Waals surface area contributed by atoms with Gasteiger partial charge >= 0.3 is 0 Å². The highest BCUT2D eigenvalue weighted by molar-refractivity contribution is 6.11. The zero-order valence-electron chi connectivity index (χ0n) is 8.97. The number of nitrogen functional groups attached to an aromatic ring is 1. The number of ketones is 1. The fourth-order valence-electron chi connectivity index (χ4n) is 1.46. The average Bonchev–Trinajstić information content (AvgIpc) is 2.87. The maximum atomic E-state index is 12.0. The van der Waals surface area contributed by atoms with Gasteiger partial charge < -0.3 is 5.73 Å². The van der Waals surface area contributed by atoms with E-state index in [0.29, 0.717) is 11.1 Å². The smallest absolute Gasteiger partial charge is 0.201 e. The molecular weight excluding hydrogens is 206 g/mol. The summed E-state index contributed by atoms with van der Waals surface area (Å²) in [4.78, 5) is 12.0. The van der Waals surface area contributed by atoms with Gasteiger partial charge in [-0.1, -0.05) is 6.92 Å². The fraction of sp³-hybridized carbons (Fsp3) is 0.300. The van der Waals surface area contributed by atoms with E-state index < -0.39 is 0 Å². The first-order valence-corrected chi connectivity index (χ1v) is 5.08. The van der Waals surface area contributed by atoms with E-state index >= 15 is 0 Å². The molecule has 2 heterocycles. The third kappa shape index (κ3) is 1.81. The highest BCUT2D eigenvalue weighted by Gasteiger charge is 2.15. The van der Waals surface area contributed by atoms with Gasteiger partial charge in [0.1, 0.15) is 5.82 Å². The number of hydrogen-bond acceptors (Lipinski definition) is 4. The summed E-state index contributed by atoms with van der Waals surface area (Å²) < 4.78 is 1.74. The van der Waals surface area contributed by atoms with E-state index in [2.05, 4.69) is 22.2 Å². The van der Waals surface area contributed by atoms with E-state index in [0.717, 1.165) is 13.0 Å². The minimum atomic E-state index is -0.159. The summed E-state index contributed by atoms with van der Waals surface area (Å²) in [7, 11) is 0. The molecule has 2 aromatic heterocycles. The summed E-state index contributed by atoms with van der Waals surface area (Å²) in [5.74, 6) is 0.127. The van der Waals surface area contributed by atoms with Gasteiger partial charge in [0.05, 0.1) is 23.5 Å². The minimum absolute atomic E-state index is 0.159. The van der Waals surface area contributed by atoms with Gasteiger partial charge in [0.15, 0.2) is 0 Å². The predicted molar refractivity (Wildman–Crippen MR) is 59.0 cm³/mol. The highest BCUT2D eigenvalue weighted by Crippen LogP contribution is 2.13. The van der Waals surface area contributed by atoms with Crippen molar-refractivity contribution in [3.8, 4) is 0 Å². The molecule has 3 N–H and O–H groups in total. The van der Waals surface area contributed by atoms with Gasteiger partial charge in [0.25, 0.3) is 0 Å². The van der Waals surface area contributed by atoms with E-state index in [4.69, 9.17) is 5.73 Å². The number of aryl methyl sites for hydroxylation is 1. The molecule has 0 aliphatic carbocycles. The lowest BCUT2D eigenvalue weighted by Gasteiger charge is -1.96. The predicted octanol–water partition coefficient (Wildman–Crippen LogP) is 0.829.